The van der Waals surface area contributed by atoms with Gasteiger partial charge in [-0.05, 0) is 6.07 Å². The summed E-state index contributed by atoms with van der Waals surface area (Å²) < 4.78 is 0. The number of para-hydroxylation sites is 1. The standard InChI is InChI=1S/C7H4BNO/c8-6-3-1-2-5(4-9)7(6)10/h1-3,10H. The number of nitriles is 1. The molecule has 0 spiro atoms. The van der Waals surface area contributed by atoms with E-state index in [1.165, 1.54) is 12.1 Å². The summed E-state index contributed by atoms with van der Waals surface area (Å²) in [5, 5.41) is 17.4. The molecule has 46 valence electrons. The quantitative estimate of drug-likeness (QED) is 0.503. The molecule has 10 heavy (non-hydrogen) atoms. The molecule has 0 bridgehead atoms. The van der Waals surface area contributed by atoms with E-state index in [4.69, 9.17) is 18.2 Å². The molecule has 0 saturated carbocycles. The number of hydrogen-bond acceptors (Lipinski definition) is 2. The first-order valence-corrected chi connectivity index (χ1v) is 2.73. The molecule has 2 nitrogen and oxygen atoms in total. The molecule has 0 amide bonds. The van der Waals surface area contributed by atoms with Crippen LogP contribution in [0.2, 0.25) is 0 Å². The highest BCUT2D eigenvalue weighted by Crippen LogP contribution is 2.09. The second-order valence-electron chi connectivity index (χ2n) is 1.86. The summed E-state index contributed by atoms with van der Waals surface area (Å²) in [5.41, 5.74) is 0.444. The average molecular weight is 129 g/mol. The molecule has 2 radical (unpaired) electrons. The predicted octanol–water partition coefficient (Wildman–Crippen LogP) is 0.0577. The molecular formula is C7H4BNO. The number of phenolic OH excluding ortho intramolecular Hbond substituents is 1. The van der Waals surface area contributed by atoms with Crippen LogP contribution in [0.15, 0.2) is 18.2 Å². The van der Waals surface area contributed by atoms with Gasteiger partial charge < -0.3 is 5.11 Å². The summed E-state index contributed by atoms with van der Waals surface area (Å²) in [5.74, 6) is -0.134. The van der Waals surface area contributed by atoms with E-state index in [1.807, 2.05) is 0 Å². The third-order valence-electron chi connectivity index (χ3n) is 1.19. The van der Waals surface area contributed by atoms with Crippen molar-refractivity contribution in [2.45, 2.75) is 0 Å². The largest absolute Gasteiger partial charge is 0.507 e. The van der Waals surface area contributed by atoms with Gasteiger partial charge >= 0.3 is 0 Å². The summed E-state index contributed by atoms with van der Waals surface area (Å²) in [4.78, 5) is 0. The molecule has 1 N–H and O–H groups in total. The average Bonchev–Trinajstić information content (AvgIpc) is 1.95. The van der Waals surface area contributed by atoms with Crippen LogP contribution in [0.4, 0.5) is 0 Å². The van der Waals surface area contributed by atoms with E-state index < -0.39 is 0 Å². The van der Waals surface area contributed by atoms with Gasteiger partial charge in [-0.15, -0.1) is 0 Å². The maximum atomic E-state index is 9.05. The lowest BCUT2D eigenvalue weighted by Crippen LogP contribution is -2.02. The monoisotopic (exact) mass is 129 g/mol. The molecule has 3 heteroatoms. The predicted molar refractivity (Wildman–Crippen MR) is 38.2 cm³/mol. The molecule has 0 fully saturated rings. The van der Waals surface area contributed by atoms with Gasteiger partial charge in [0.15, 0.2) is 0 Å². The second kappa shape index (κ2) is 2.44. The van der Waals surface area contributed by atoms with Crippen LogP contribution < -0.4 is 5.46 Å². The smallest absolute Gasteiger partial charge is 0.126 e. The Labute approximate surface area is 60.1 Å². The summed E-state index contributed by atoms with van der Waals surface area (Å²) in [6, 6.07) is 6.47. The summed E-state index contributed by atoms with van der Waals surface area (Å²) >= 11 is 0. The molecule has 1 aromatic rings. The Bertz CT molecular complexity index is 290. The molecule has 1 aromatic carbocycles. The van der Waals surface area contributed by atoms with E-state index in [-0.39, 0.29) is 16.8 Å². The Balaban J connectivity index is 3.31. The van der Waals surface area contributed by atoms with Gasteiger partial charge in [0.1, 0.15) is 19.7 Å². The molecule has 0 saturated heterocycles. The molecule has 0 atom stereocenters. The minimum absolute atomic E-state index is 0.134. The van der Waals surface area contributed by atoms with Gasteiger partial charge in [0.05, 0.1) is 5.56 Å². The van der Waals surface area contributed by atoms with Gasteiger partial charge in [0, 0.05) is 0 Å². The Hall–Kier alpha value is -1.43. The fraction of sp³-hybridized carbons (Fsp3) is 0. The number of benzene rings is 1. The van der Waals surface area contributed by atoms with E-state index in [9.17, 15) is 0 Å². The van der Waals surface area contributed by atoms with Crippen molar-refractivity contribution in [2.75, 3.05) is 0 Å². The molecule has 0 unspecified atom stereocenters. The third kappa shape index (κ3) is 0.962. The highest BCUT2D eigenvalue weighted by molar-refractivity contribution is 6.34. The Morgan fingerprint density at radius 1 is 1.50 bits per heavy atom. The van der Waals surface area contributed by atoms with Crippen LogP contribution in [-0.2, 0) is 0 Å². The van der Waals surface area contributed by atoms with E-state index in [0.717, 1.165) is 0 Å². The van der Waals surface area contributed by atoms with Crippen molar-refractivity contribution in [3.63, 3.8) is 0 Å². The lowest BCUT2D eigenvalue weighted by atomic mass is 9.93. The highest BCUT2D eigenvalue weighted by atomic mass is 16.3. The fourth-order valence-electron chi connectivity index (χ4n) is 0.652. The van der Waals surface area contributed by atoms with Crippen molar-refractivity contribution in [1.29, 1.82) is 5.26 Å². The zero-order valence-electron chi connectivity index (χ0n) is 5.20. The highest BCUT2D eigenvalue weighted by Gasteiger charge is 1.99. The van der Waals surface area contributed by atoms with Gasteiger partial charge in [0.25, 0.3) is 0 Å². The minimum atomic E-state index is -0.134. The third-order valence-corrected chi connectivity index (χ3v) is 1.19. The fourth-order valence-corrected chi connectivity index (χ4v) is 0.652. The molecule has 0 aliphatic carbocycles. The second-order valence-corrected chi connectivity index (χ2v) is 1.86. The normalized spacial score (nSPS) is 8.70. The SMILES string of the molecule is [B]c1cccc(C#N)c1O. The molecule has 0 aliphatic rings. The first-order chi connectivity index (χ1) is 4.75. The van der Waals surface area contributed by atoms with Crippen molar-refractivity contribution in [3.05, 3.63) is 23.8 Å². The maximum Gasteiger partial charge on any atom is 0.126 e. The lowest BCUT2D eigenvalue weighted by Gasteiger charge is -1.97. The van der Waals surface area contributed by atoms with Gasteiger partial charge in [-0.1, -0.05) is 17.6 Å². The van der Waals surface area contributed by atoms with Crippen LogP contribution in [0.3, 0.4) is 0 Å². The van der Waals surface area contributed by atoms with Gasteiger partial charge in [-0.2, -0.15) is 5.26 Å². The topological polar surface area (TPSA) is 44.0 Å². The lowest BCUT2D eigenvalue weighted by molar-refractivity contribution is 0.478. The summed E-state index contributed by atoms with van der Waals surface area (Å²) in [6.07, 6.45) is 0. The summed E-state index contributed by atoms with van der Waals surface area (Å²) in [6.45, 7) is 0. The Morgan fingerprint density at radius 3 is 2.70 bits per heavy atom. The van der Waals surface area contributed by atoms with Crippen molar-refractivity contribution in [2.24, 2.45) is 0 Å². The number of aromatic hydroxyl groups is 1. The first kappa shape index (κ1) is 6.69. The van der Waals surface area contributed by atoms with Crippen LogP contribution in [0.5, 0.6) is 5.75 Å². The van der Waals surface area contributed by atoms with Crippen molar-refractivity contribution < 1.29 is 5.11 Å². The van der Waals surface area contributed by atoms with E-state index in [1.54, 1.807) is 12.1 Å². The van der Waals surface area contributed by atoms with E-state index >= 15 is 0 Å². The minimum Gasteiger partial charge on any atom is -0.507 e. The first-order valence-electron chi connectivity index (χ1n) is 2.73. The Morgan fingerprint density at radius 2 is 2.20 bits per heavy atom. The van der Waals surface area contributed by atoms with E-state index in [2.05, 4.69) is 0 Å². The Kier molecular flexibility index (Phi) is 1.64. The van der Waals surface area contributed by atoms with Gasteiger partial charge in [0.2, 0.25) is 0 Å². The van der Waals surface area contributed by atoms with Crippen molar-refractivity contribution in [3.8, 4) is 11.8 Å². The van der Waals surface area contributed by atoms with Crippen molar-refractivity contribution in [1.82, 2.24) is 0 Å². The molecule has 1 rings (SSSR count). The van der Waals surface area contributed by atoms with E-state index in [0.29, 0.717) is 0 Å². The zero-order chi connectivity index (χ0) is 7.56. The molecule has 0 aromatic heterocycles. The van der Waals surface area contributed by atoms with Crippen LogP contribution in [-0.4, -0.2) is 13.0 Å². The zero-order valence-corrected chi connectivity index (χ0v) is 5.20. The van der Waals surface area contributed by atoms with Crippen LogP contribution in [0.25, 0.3) is 0 Å². The number of hydrogen-bond donors (Lipinski definition) is 1. The number of rotatable bonds is 0. The molecule has 0 heterocycles. The van der Waals surface area contributed by atoms with Gasteiger partial charge in [-0.25, -0.2) is 0 Å². The summed E-state index contributed by atoms with van der Waals surface area (Å²) in [7, 11) is 5.30. The van der Waals surface area contributed by atoms with Crippen LogP contribution in [0.1, 0.15) is 5.56 Å². The maximum absolute atomic E-state index is 9.05. The van der Waals surface area contributed by atoms with Crippen LogP contribution in [0, 0.1) is 11.3 Å². The number of phenols is 1. The van der Waals surface area contributed by atoms with Crippen LogP contribution >= 0.6 is 0 Å². The van der Waals surface area contributed by atoms with Gasteiger partial charge in [-0.3, -0.25) is 0 Å². The number of nitrogens with zero attached hydrogens (tertiary/aromatic N) is 1. The van der Waals surface area contributed by atoms with Crippen molar-refractivity contribution >= 4 is 13.3 Å². The molecule has 0 aliphatic heterocycles. The molecular weight excluding hydrogens is 125 g/mol.